The van der Waals surface area contributed by atoms with E-state index in [1.165, 1.54) is 0 Å². The fourth-order valence-electron chi connectivity index (χ4n) is 1.95. The molecule has 2 aromatic rings. The van der Waals surface area contributed by atoms with Crippen molar-refractivity contribution in [3.8, 4) is 0 Å². The van der Waals surface area contributed by atoms with E-state index in [2.05, 4.69) is 5.43 Å². The third-order valence-electron chi connectivity index (χ3n) is 3.12. The Morgan fingerprint density at radius 1 is 1.10 bits per heavy atom. The number of benzene rings is 2. The Morgan fingerprint density at radius 2 is 1.70 bits per heavy atom. The molecular weight excluding hydrogens is 252 g/mol. The van der Waals surface area contributed by atoms with E-state index in [0.717, 1.165) is 12.3 Å². The van der Waals surface area contributed by atoms with E-state index in [1.54, 1.807) is 5.01 Å². The quantitative estimate of drug-likeness (QED) is 0.668. The van der Waals surface area contributed by atoms with Crippen LogP contribution in [0.25, 0.3) is 0 Å². The molecule has 1 N–H and O–H groups in total. The van der Waals surface area contributed by atoms with Crippen LogP contribution in [-0.4, -0.2) is 25.2 Å². The summed E-state index contributed by atoms with van der Waals surface area (Å²) in [6.07, 6.45) is 0.213. The molecule has 20 heavy (non-hydrogen) atoms. The molecule has 2 aromatic carbocycles. The second-order valence-corrected chi connectivity index (χ2v) is 4.66. The van der Waals surface area contributed by atoms with Gasteiger partial charge in [-0.2, -0.15) is 0 Å². The minimum Gasteiger partial charge on any atom is -0.372 e. The third kappa shape index (κ3) is 3.04. The Balaban J connectivity index is 1.82. The highest BCUT2D eigenvalue weighted by Gasteiger charge is 2.25. The molecule has 1 aliphatic heterocycles. The van der Waals surface area contributed by atoms with Gasteiger partial charge in [-0.25, -0.2) is 10.4 Å². The first kappa shape index (κ1) is 12.8. The lowest BCUT2D eigenvalue weighted by atomic mass is 10.2. The number of nitrogens with one attached hydrogen (secondary N) is 1. The molecule has 4 heteroatoms. The largest absolute Gasteiger partial charge is 0.372 e. The van der Waals surface area contributed by atoms with Crippen molar-refractivity contribution in [2.45, 2.75) is 6.10 Å². The van der Waals surface area contributed by atoms with Crippen molar-refractivity contribution in [2.24, 2.45) is 0 Å². The van der Waals surface area contributed by atoms with Crippen LogP contribution in [0.3, 0.4) is 0 Å². The maximum atomic E-state index is 12.6. The molecule has 1 unspecified atom stereocenters. The van der Waals surface area contributed by atoms with Gasteiger partial charge in [0, 0.05) is 12.1 Å². The highest BCUT2D eigenvalue weighted by Crippen LogP contribution is 2.16. The predicted octanol–water partition coefficient (Wildman–Crippen LogP) is 2.24. The SMILES string of the molecule is O=C(c1ccccc1)N(NCC1CO1)c1ccccc1. The van der Waals surface area contributed by atoms with Gasteiger partial charge in [-0.1, -0.05) is 36.4 Å². The molecule has 0 spiro atoms. The number of carbonyl (C=O) groups is 1. The van der Waals surface area contributed by atoms with Crippen LogP contribution < -0.4 is 10.4 Å². The number of epoxide rings is 1. The molecule has 1 atom stereocenters. The van der Waals surface area contributed by atoms with Gasteiger partial charge in [0.1, 0.15) is 0 Å². The maximum Gasteiger partial charge on any atom is 0.272 e. The number of hydrogen-bond acceptors (Lipinski definition) is 3. The van der Waals surface area contributed by atoms with Gasteiger partial charge in [0.2, 0.25) is 0 Å². The highest BCUT2D eigenvalue weighted by molar-refractivity contribution is 6.05. The summed E-state index contributed by atoms with van der Waals surface area (Å²) in [5.74, 6) is -0.0718. The molecule has 1 fully saturated rings. The van der Waals surface area contributed by atoms with Crippen LogP contribution in [-0.2, 0) is 4.74 Å². The second kappa shape index (κ2) is 5.86. The Hall–Kier alpha value is -2.17. The zero-order chi connectivity index (χ0) is 13.8. The first-order valence-corrected chi connectivity index (χ1v) is 6.64. The summed E-state index contributed by atoms with van der Waals surface area (Å²) in [5.41, 5.74) is 4.63. The normalized spacial score (nSPS) is 16.7. The second-order valence-electron chi connectivity index (χ2n) is 4.66. The van der Waals surface area contributed by atoms with Gasteiger partial charge >= 0.3 is 0 Å². The predicted molar refractivity (Wildman–Crippen MR) is 77.4 cm³/mol. The fourth-order valence-corrected chi connectivity index (χ4v) is 1.95. The van der Waals surface area contributed by atoms with E-state index < -0.39 is 0 Å². The van der Waals surface area contributed by atoms with Crippen LogP contribution in [0.5, 0.6) is 0 Å². The van der Waals surface area contributed by atoms with Crippen molar-refractivity contribution in [3.05, 3.63) is 66.2 Å². The van der Waals surface area contributed by atoms with Crippen molar-refractivity contribution in [3.63, 3.8) is 0 Å². The summed E-state index contributed by atoms with van der Waals surface area (Å²) in [7, 11) is 0. The zero-order valence-corrected chi connectivity index (χ0v) is 11.0. The van der Waals surface area contributed by atoms with E-state index in [4.69, 9.17) is 4.74 Å². The maximum absolute atomic E-state index is 12.6. The van der Waals surface area contributed by atoms with Crippen LogP contribution in [0.15, 0.2) is 60.7 Å². The lowest BCUT2D eigenvalue weighted by molar-refractivity contribution is 0.0973. The summed E-state index contributed by atoms with van der Waals surface area (Å²) < 4.78 is 5.18. The summed E-state index contributed by atoms with van der Waals surface area (Å²) >= 11 is 0. The minimum atomic E-state index is -0.0718. The van der Waals surface area contributed by atoms with E-state index in [0.29, 0.717) is 12.1 Å². The number of ether oxygens (including phenoxy) is 1. The molecule has 0 aliphatic carbocycles. The van der Waals surface area contributed by atoms with Gasteiger partial charge in [-0.15, -0.1) is 0 Å². The molecule has 3 rings (SSSR count). The molecular formula is C16H16N2O2. The highest BCUT2D eigenvalue weighted by atomic mass is 16.6. The Labute approximate surface area is 117 Å². The number of amides is 1. The molecule has 1 saturated heterocycles. The standard InChI is InChI=1S/C16H16N2O2/c19-16(13-7-3-1-4-8-13)18(17-11-15-12-20-15)14-9-5-2-6-10-14/h1-10,15,17H,11-12H2. The first-order chi connectivity index (χ1) is 9.84. The molecule has 0 radical (unpaired) electrons. The number of hydrogen-bond donors (Lipinski definition) is 1. The summed E-state index contributed by atoms with van der Waals surface area (Å²) in [6.45, 7) is 1.39. The topological polar surface area (TPSA) is 44.9 Å². The van der Waals surface area contributed by atoms with Crippen LogP contribution in [0.4, 0.5) is 5.69 Å². The smallest absolute Gasteiger partial charge is 0.272 e. The van der Waals surface area contributed by atoms with E-state index in [-0.39, 0.29) is 12.0 Å². The Bertz CT molecular complexity index is 568. The number of nitrogens with zero attached hydrogens (tertiary/aromatic N) is 1. The van der Waals surface area contributed by atoms with E-state index in [1.807, 2.05) is 60.7 Å². The van der Waals surface area contributed by atoms with Crippen LogP contribution in [0, 0.1) is 0 Å². The fraction of sp³-hybridized carbons (Fsp3) is 0.188. The summed E-state index contributed by atoms with van der Waals surface area (Å²) in [4.78, 5) is 12.6. The van der Waals surface area contributed by atoms with Gasteiger partial charge in [-0.05, 0) is 24.3 Å². The molecule has 4 nitrogen and oxygen atoms in total. The molecule has 1 aliphatic rings. The zero-order valence-electron chi connectivity index (χ0n) is 11.0. The van der Waals surface area contributed by atoms with Crippen molar-refractivity contribution in [1.29, 1.82) is 0 Å². The first-order valence-electron chi connectivity index (χ1n) is 6.64. The molecule has 0 bridgehead atoms. The molecule has 0 aromatic heterocycles. The Kier molecular flexibility index (Phi) is 3.76. The van der Waals surface area contributed by atoms with Gasteiger partial charge in [-0.3, -0.25) is 4.79 Å². The number of anilines is 1. The summed E-state index contributed by atoms with van der Waals surface area (Å²) in [6, 6.07) is 18.8. The molecule has 1 amide bonds. The van der Waals surface area contributed by atoms with Crippen molar-refractivity contribution >= 4 is 11.6 Å². The number of para-hydroxylation sites is 1. The van der Waals surface area contributed by atoms with Crippen LogP contribution in [0.2, 0.25) is 0 Å². The van der Waals surface area contributed by atoms with Gasteiger partial charge in [0.05, 0.1) is 18.4 Å². The van der Waals surface area contributed by atoms with Gasteiger partial charge in [0.25, 0.3) is 5.91 Å². The summed E-state index contributed by atoms with van der Waals surface area (Å²) in [5, 5.41) is 1.58. The number of rotatable bonds is 5. The lowest BCUT2D eigenvalue weighted by Crippen LogP contribution is -2.44. The molecule has 0 saturated carbocycles. The van der Waals surface area contributed by atoms with Crippen LogP contribution in [0.1, 0.15) is 10.4 Å². The van der Waals surface area contributed by atoms with Gasteiger partial charge < -0.3 is 4.74 Å². The third-order valence-corrected chi connectivity index (χ3v) is 3.12. The van der Waals surface area contributed by atoms with Crippen molar-refractivity contribution in [2.75, 3.05) is 18.2 Å². The van der Waals surface area contributed by atoms with E-state index in [9.17, 15) is 4.79 Å². The Morgan fingerprint density at radius 3 is 2.30 bits per heavy atom. The van der Waals surface area contributed by atoms with Crippen molar-refractivity contribution in [1.82, 2.24) is 5.43 Å². The van der Waals surface area contributed by atoms with Crippen LogP contribution >= 0.6 is 0 Å². The lowest BCUT2D eigenvalue weighted by Gasteiger charge is -2.23. The van der Waals surface area contributed by atoms with Gasteiger partial charge in [0.15, 0.2) is 0 Å². The average Bonchev–Trinajstić information content (AvgIpc) is 3.33. The molecule has 102 valence electrons. The molecule has 1 heterocycles. The monoisotopic (exact) mass is 268 g/mol. The number of hydrazine groups is 1. The van der Waals surface area contributed by atoms with Crippen molar-refractivity contribution < 1.29 is 9.53 Å². The van der Waals surface area contributed by atoms with E-state index >= 15 is 0 Å². The average molecular weight is 268 g/mol. The minimum absolute atomic E-state index is 0.0718. The number of carbonyl (C=O) groups excluding carboxylic acids is 1.